The molecule has 0 unspecified atom stereocenters. The number of rotatable bonds is 2. The zero-order chi connectivity index (χ0) is 11.9. The quantitative estimate of drug-likeness (QED) is 0.902. The third kappa shape index (κ3) is 1.63. The molecule has 7 heteroatoms. The van der Waals surface area contributed by atoms with Crippen LogP contribution < -0.4 is 0 Å². The lowest BCUT2D eigenvalue weighted by molar-refractivity contribution is 0.0697. The van der Waals surface area contributed by atoms with E-state index in [0.717, 1.165) is 0 Å². The van der Waals surface area contributed by atoms with E-state index in [0.29, 0.717) is 16.0 Å². The Morgan fingerprint density at radius 3 is 2.62 bits per heavy atom. The molecule has 6 nitrogen and oxygen atoms in total. The zero-order valence-electron chi connectivity index (χ0n) is 8.68. The van der Waals surface area contributed by atoms with Gasteiger partial charge >= 0.3 is 5.97 Å². The standard InChI is InChI=1S/C9H9BrN4O2/c1-13-6(3-7(10)12-13)8-5(9(15)16)4-11-14(8)2/h3-4H,1-2H3,(H,15,16). The van der Waals surface area contributed by atoms with Crippen molar-refractivity contribution >= 4 is 21.9 Å². The molecule has 0 saturated heterocycles. The second-order valence-electron chi connectivity index (χ2n) is 3.31. The highest BCUT2D eigenvalue weighted by atomic mass is 79.9. The lowest BCUT2D eigenvalue weighted by Gasteiger charge is -2.03. The van der Waals surface area contributed by atoms with Crippen LogP contribution in [0.15, 0.2) is 16.9 Å². The van der Waals surface area contributed by atoms with E-state index in [2.05, 4.69) is 26.1 Å². The van der Waals surface area contributed by atoms with Gasteiger partial charge in [0.1, 0.15) is 15.9 Å². The van der Waals surface area contributed by atoms with Crippen molar-refractivity contribution < 1.29 is 9.90 Å². The molecule has 0 atom stereocenters. The fraction of sp³-hybridized carbons (Fsp3) is 0.222. The molecule has 0 spiro atoms. The number of nitrogens with zero attached hydrogens (tertiary/aromatic N) is 4. The normalized spacial score (nSPS) is 10.7. The minimum Gasteiger partial charge on any atom is -0.478 e. The molecule has 0 radical (unpaired) electrons. The topological polar surface area (TPSA) is 72.9 Å². The molecule has 2 rings (SSSR count). The van der Waals surface area contributed by atoms with Crippen molar-refractivity contribution in [2.75, 3.05) is 0 Å². The van der Waals surface area contributed by atoms with Crippen LogP contribution in [0.4, 0.5) is 0 Å². The number of halogens is 1. The van der Waals surface area contributed by atoms with Crippen LogP contribution in [0.5, 0.6) is 0 Å². The summed E-state index contributed by atoms with van der Waals surface area (Å²) in [5.74, 6) is -1.000. The summed E-state index contributed by atoms with van der Waals surface area (Å²) in [6, 6.07) is 1.75. The molecule has 2 heterocycles. The molecule has 0 aliphatic rings. The summed E-state index contributed by atoms with van der Waals surface area (Å²) in [5, 5.41) is 17.1. The fourth-order valence-electron chi connectivity index (χ4n) is 1.55. The van der Waals surface area contributed by atoms with Gasteiger partial charge in [0.05, 0.1) is 11.9 Å². The van der Waals surface area contributed by atoms with Crippen molar-refractivity contribution in [1.29, 1.82) is 0 Å². The first-order valence-electron chi connectivity index (χ1n) is 4.46. The van der Waals surface area contributed by atoms with Crippen molar-refractivity contribution in [1.82, 2.24) is 19.6 Å². The number of hydrogen-bond donors (Lipinski definition) is 1. The molecule has 0 bridgehead atoms. The Bertz CT molecular complexity index is 558. The highest BCUT2D eigenvalue weighted by Crippen LogP contribution is 2.25. The lowest BCUT2D eigenvalue weighted by atomic mass is 10.2. The molecule has 0 aliphatic carbocycles. The Morgan fingerprint density at radius 2 is 2.12 bits per heavy atom. The second kappa shape index (κ2) is 3.75. The van der Waals surface area contributed by atoms with Crippen LogP contribution in [0, 0.1) is 0 Å². The molecular formula is C9H9BrN4O2. The monoisotopic (exact) mass is 284 g/mol. The molecule has 2 aromatic heterocycles. The third-order valence-electron chi connectivity index (χ3n) is 2.26. The number of carboxylic acid groups (broad SMARTS) is 1. The lowest BCUT2D eigenvalue weighted by Crippen LogP contribution is -2.04. The van der Waals surface area contributed by atoms with E-state index in [1.807, 2.05) is 0 Å². The van der Waals surface area contributed by atoms with E-state index in [1.54, 1.807) is 24.8 Å². The zero-order valence-corrected chi connectivity index (χ0v) is 10.3. The molecule has 0 aromatic carbocycles. The summed E-state index contributed by atoms with van der Waals surface area (Å²) < 4.78 is 3.78. The summed E-state index contributed by atoms with van der Waals surface area (Å²) in [6.07, 6.45) is 1.33. The predicted octanol–water partition coefficient (Wildman–Crippen LogP) is 1.28. The number of aromatic nitrogens is 4. The second-order valence-corrected chi connectivity index (χ2v) is 4.12. The summed E-state index contributed by atoms with van der Waals surface area (Å²) in [5.41, 5.74) is 1.40. The third-order valence-corrected chi connectivity index (χ3v) is 2.65. The average Bonchev–Trinajstić information content (AvgIpc) is 2.69. The number of carbonyl (C=O) groups is 1. The number of aromatic carboxylic acids is 1. The average molecular weight is 285 g/mol. The maximum Gasteiger partial charge on any atom is 0.339 e. The van der Waals surface area contributed by atoms with E-state index in [4.69, 9.17) is 5.11 Å². The van der Waals surface area contributed by atoms with Gasteiger partial charge in [-0.2, -0.15) is 10.2 Å². The number of hydrogen-bond acceptors (Lipinski definition) is 3. The molecule has 84 valence electrons. The van der Waals surface area contributed by atoms with Crippen LogP contribution in [0.3, 0.4) is 0 Å². The molecule has 1 N–H and O–H groups in total. The van der Waals surface area contributed by atoms with Gasteiger partial charge < -0.3 is 5.11 Å². The Balaban J connectivity index is 2.67. The first kappa shape index (κ1) is 10.9. The van der Waals surface area contributed by atoms with Gasteiger partial charge in [-0.1, -0.05) is 0 Å². The van der Waals surface area contributed by atoms with Crippen molar-refractivity contribution in [2.45, 2.75) is 0 Å². The van der Waals surface area contributed by atoms with Crippen LogP contribution in [-0.4, -0.2) is 30.6 Å². The molecular weight excluding hydrogens is 276 g/mol. The van der Waals surface area contributed by atoms with Gasteiger partial charge in [-0.25, -0.2) is 4.79 Å². The number of aryl methyl sites for hydroxylation is 2. The molecule has 2 aromatic rings. The first-order chi connectivity index (χ1) is 7.50. The molecule has 16 heavy (non-hydrogen) atoms. The van der Waals surface area contributed by atoms with Gasteiger partial charge in [-0.05, 0) is 15.9 Å². The molecule has 0 amide bonds. The Morgan fingerprint density at radius 1 is 1.44 bits per heavy atom. The Labute approximate surface area is 99.6 Å². The maximum atomic E-state index is 11.0. The van der Waals surface area contributed by atoms with Gasteiger partial charge in [0.25, 0.3) is 0 Å². The van der Waals surface area contributed by atoms with Crippen molar-refractivity contribution in [3.05, 3.63) is 22.4 Å². The summed E-state index contributed by atoms with van der Waals surface area (Å²) in [4.78, 5) is 11.0. The molecule has 0 fully saturated rings. The van der Waals surface area contributed by atoms with Gasteiger partial charge in [0, 0.05) is 20.2 Å². The van der Waals surface area contributed by atoms with Crippen LogP contribution in [-0.2, 0) is 14.1 Å². The van der Waals surface area contributed by atoms with E-state index >= 15 is 0 Å². The van der Waals surface area contributed by atoms with Gasteiger partial charge in [0.15, 0.2) is 0 Å². The van der Waals surface area contributed by atoms with Crippen molar-refractivity contribution in [2.24, 2.45) is 14.1 Å². The summed E-state index contributed by atoms with van der Waals surface area (Å²) in [6.45, 7) is 0. The fourth-order valence-corrected chi connectivity index (χ4v) is 2.01. The van der Waals surface area contributed by atoms with Crippen LogP contribution >= 0.6 is 15.9 Å². The Hall–Kier alpha value is -1.63. The van der Waals surface area contributed by atoms with E-state index in [1.165, 1.54) is 10.9 Å². The van der Waals surface area contributed by atoms with Gasteiger partial charge in [-0.3, -0.25) is 9.36 Å². The largest absolute Gasteiger partial charge is 0.478 e. The summed E-state index contributed by atoms with van der Waals surface area (Å²) in [7, 11) is 3.45. The van der Waals surface area contributed by atoms with Crippen LogP contribution in [0.1, 0.15) is 10.4 Å². The van der Waals surface area contributed by atoms with Crippen LogP contribution in [0.2, 0.25) is 0 Å². The minimum absolute atomic E-state index is 0.165. The van der Waals surface area contributed by atoms with Crippen molar-refractivity contribution in [3.63, 3.8) is 0 Å². The highest BCUT2D eigenvalue weighted by molar-refractivity contribution is 9.10. The number of carboxylic acids is 1. The smallest absolute Gasteiger partial charge is 0.339 e. The van der Waals surface area contributed by atoms with Gasteiger partial charge in [-0.15, -0.1) is 0 Å². The Kier molecular flexibility index (Phi) is 2.55. The molecule has 0 aliphatic heterocycles. The predicted molar refractivity (Wildman–Crippen MR) is 60.1 cm³/mol. The SMILES string of the molecule is Cn1nc(Br)cc1-c1c(C(=O)O)cnn1C. The van der Waals surface area contributed by atoms with E-state index in [-0.39, 0.29) is 5.56 Å². The van der Waals surface area contributed by atoms with Crippen LogP contribution in [0.25, 0.3) is 11.4 Å². The highest BCUT2D eigenvalue weighted by Gasteiger charge is 2.19. The summed E-state index contributed by atoms with van der Waals surface area (Å²) >= 11 is 3.25. The van der Waals surface area contributed by atoms with Crippen molar-refractivity contribution in [3.8, 4) is 11.4 Å². The maximum absolute atomic E-state index is 11.0. The minimum atomic E-state index is -1.000. The first-order valence-corrected chi connectivity index (χ1v) is 5.25. The van der Waals surface area contributed by atoms with E-state index in [9.17, 15) is 4.79 Å². The van der Waals surface area contributed by atoms with E-state index < -0.39 is 5.97 Å². The van der Waals surface area contributed by atoms with Gasteiger partial charge in [0.2, 0.25) is 0 Å². The molecule has 0 saturated carbocycles.